The van der Waals surface area contributed by atoms with Gasteiger partial charge in [0.25, 0.3) is 0 Å². The molecule has 1 saturated heterocycles. The normalized spacial score (nSPS) is 16.8. The molecule has 3 N–H and O–H groups in total. The molecule has 1 aromatic heterocycles. The molecule has 0 amide bonds. The highest BCUT2D eigenvalue weighted by Gasteiger charge is 2.10. The van der Waals surface area contributed by atoms with Crippen molar-refractivity contribution in [2.75, 3.05) is 37.2 Å². The Labute approximate surface area is 90.5 Å². The van der Waals surface area contributed by atoms with Gasteiger partial charge in [0.05, 0.1) is 0 Å². The molecule has 1 aliphatic heterocycles. The molecule has 0 aromatic carbocycles. The molecular weight excluding hydrogens is 188 g/mol. The summed E-state index contributed by atoms with van der Waals surface area (Å²) in [6, 6.07) is 5.66. The molecule has 0 radical (unpaired) electrons. The third-order valence-electron chi connectivity index (χ3n) is 2.70. The van der Waals surface area contributed by atoms with Gasteiger partial charge in [-0.25, -0.2) is 4.98 Å². The molecule has 2 rings (SSSR count). The summed E-state index contributed by atoms with van der Waals surface area (Å²) >= 11 is 0. The van der Waals surface area contributed by atoms with Crippen molar-refractivity contribution in [3.63, 3.8) is 0 Å². The number of nitrogens with two attached hydrogens (primary N) is 1. The van der Waals surface area contributed by atoms with Gasteiger partial charge < -0.3 is 16.0 Å². The Morgan fingerprint density at radius 1 is 1.33 bits per heavy atom. The van der Waals surface area contributed by atoms with Crippen LogP contribution >= 0.6 is 0 Å². The molecule has 2 heterocycles. The Bertz CT molecular complexity index is 307. The Morgan fingerprint density at radius 2 is 2.13 bits per heavy atom. The zero-order valence-corrected chi connectivity index (χ0v) is 8.95. The number of nitrogens with zero attached hydrogens (tertiary/aromatic N) is 2. The third-order valence-corrected chi connectivity index (χ3v) is 2.70. The smallest absolute Gasteiger partial charge is 0.128 e. The molecule has 1 aromatic rings. The van der Waals surface area contributed by atoms with E-state index in [0.29, 0.717) is 5.82 Å². The summed E-state index contributed by atoms with van der Waals surface area (Å²) < 4.78 is 0. The van der Waals surface area contributed by atoms with Crippen LogP contribution in [0.25, 0.3) is 0 Å². The van der Waals surface area contributed by atoms with E-state index in [2.05, 4.69) is 15.2 Å². The summed E-state index contributed by atoms with van der Waals surface area (Å²) in [6.07, 6.45) is 2.69. The summed E-state index contributed by atoms with van der Waals surface area (Å²) in [5.74, 6) is 1.44. The quantitative estimate of drug-likeness (QED) is 0.776. The fourth-order valence-electron chi connectivity index (χ4n) is 1.90. The van der Waals surface area contributed by atoms with Crippen molar-refractivity contribution >= 4 is 11.6 Å². The fourth-order valence-corrected chi connectivity index (χ4v) is 1.90. The summed E-state index contributed by atoms with van der Waals surface area (Å²) in [6.45, 7) is 4.52. The number of hydrogen-bond donors (Lipinski definition) is 2. The first-order valence-corrected chi connectivity index (χ1v) is 5.53. The average molecular weight is 206 g/mol. The Hall–Kier alpha value is -1.29. The van der Waals surface area contributed by atoms with E-state index in [9.17, 15) is 0 Å². The first kappa shape index (κ1) is 10.2. The van der Waals surface area contributed by atoms with Crippen molar-refractivity contribution in [3.8, 4) is 0 Å². The van der Waals surface area contributed by atoms with Crippen LogP contribution in [0.4, 0.5) is 11.6 Å². The van der Waals surface area contributed by atoms with Gasteiger partial charge >= 0.3 is 0 Å². The number of aromatic nitrogens is 1. The largest absolute Gasteiger partial charge is 0.384 e. The highest BCUT2D eigenvalue weighted by Crippen LogP contribution is 2.08. The van der Waals surface area contributed by atoms with Crippen molar-refractivity contribution in [3.05, 3.63) is 18.2 Å². The monoisotopic (exact) mass is 206 g/mol. The van der Waals surface area contributed by atoms with Crippen molar-refractivity contribution < 1.29 is 0 Å². The number of nitrogens with one attached hydrogen (secondary N) is 1. The lowest BCUT2D eigenvalue weighted by Gasteiger charge is -2.14. The molecule has 0 atom stereocenters. The molecule has 1 fully saturated rings. The predicted molar refractivity (Wildman–Crippen MR) is 62.8 cm³/mol. The van der Waals surface area contributed by atoms with Gasteiger partial charge in [-0.1, -0.05) is 6.07 Å². The van der Waals surface area contributed by atoms with Gasteiger partial charge in [0.1, 0.15) is 11.6 Å². The second kappa shape index (κ2) is 4.98. The van der Waals surface area contributed by atoms with E-state index in [0.717, 1.165) is 18.9 Å². The lowest BCUT2D eigenvalue weighted by atomic mass is 10.4. The van der Waals surface area contributed by atoms with Crippen LogP contribution in [-0.4, -0.2) is 36.1 Å². The van der Waals surface area contributed by atoms with E-state index in [1.807, 2.05) is 12.1 Å². The minimum absolute atomic E-state index is 0.571. The Kier molecular flexibility index (Phi) is 3.40. The third kappa shape index (κ3) is 3.09. The molecule has 0 saturated carbocycles. The number of rotatable bonds is 4. The number of likely N-dealkylation sites (tertiary alicyclic amines) is 1. The summed E-state index contributed by atoms with van der Waals surface area (Å²) in [7, 11) is 0. The second-order valence-corrected chi connectivity index (χ2v) is 3.92. The molecule has 4 heteroatoms. The predicted octanol–water partition coefficient (Wildman–Crippen LogP) is 1.17. The van der Waals surface area contributed by atoms with Crippen LogP contribution in [-0.2, 0) is 0 Å². The van der Waals surface area contributed by atoms with Gasteiger partial charge in [0, 0.05) is 13.1 Å². The molecule has 1 aliphatic rings. The van der Waals surface area contributed by atoms with Crippen LogP contribution < -0.4 is 11.1 Å². The summed E-state index contributed by atoms with van der Waals surface area (Å²) in [4.78, 5) is 6.66. The maximum atomic E-state index is 5.59. The van der Waals surface area contributed by atoms with Crippen LogP contribution in [0.2, 0.25) is 0 Å². The Morgan fingerprint density at radius 3 is 2.87 bits per heavy atom. The number of nitrogen functional groups attached to an aromatic ring is 1. The molecule has 0 bridgehead atoms. The molecule has 82 valence electrons. The van der Waals surface area contributed by atoms with Crippen molar-refractivity contribution in [2.45, 2.75) is 12.8 Å². The summed E-state index contributed by atoms with van der Waals surface area (Å²) in [5, 5.41) is 3.28. The SMILES string of the molecule is Nc1cccc(NCCN2CCCC2)n1. The lowest BCUT2D eigenvalue weighted by Crippen LogP contribution is -2.26. The fraction of sp³-hybridized carbons (Fsp3) is 0.545. The number of hydrogen-bond acceptors (Lipinski definition) is 4. The topological polar surface area (TPSA) is 54.2 Å². The molecule has 4 nitrogen and oxygen atoms in total. The average Bonchev–Trinajstić information content (AvgIpc) is 2.71. The van der Waals surface area contributed by atoms with Gasteiger partial charge in [-0.15, -0.1) is 0 Å². The van der Waals surface area contributed by atoms with Gasteiger partial charge in [-0.05, 0) is 38.1 Å². The molecule has 15 heavy (non-hydrogen) atoms. The van der Waals surface area contributed by atoms with Crippen LogP contribution in [0.3, 0.4) is 0 Å². The summed E-state index contributed by atoms with van der Waals surface area (Å²) in [5.41, 5.74) is 5.59. The van der Waals surface area contributed by atoms with Gasteiger partial charge in [-0.2, -0.15) is 0 Å². The van der Waals surface area contributed by atoms with E-state index >= 15 is 0 Å². The molecule has 0 aliphatic carbocycles. The molecule has 0 spiro atoms. The van der Waals surface area contributed by atoms with E-state index in [-0.39, 0.29) is 0 Å². The molecular formula is C11H18N4. The Balaban J connectivity index is 1.73. The van der Waals surface area contributed by atoms with E-state index in [4.69, 9.17) is 5.73 Å². The van der Waals surface area contributed by atoms with Gasteiger partial charge in [-0.3, -0.25) is 0 Å². The number of anilines is 2. The maximum absolute atomic E-state index is 5.59. The standard InChI is InChI=1S/C11H18N4/c12-10-4-3-5-11(14-10)13-6-9-15-7-1-2-8-15/h3-5H,1-2,6-9H2,(H3,12,13,14). The van der Waals surface area contributed by atoms with Crippen LogP contribution in [0.1, 0.15) is 12.8 Å². The van der Waals surface area contributed by atoms with Gasteiger partial charge in [0.2, 0.25) is 0 Å². The zero-order chi connectivity index (χ0) is 10.5. The van der Waals surface area contributed by atoms with Crippen molar-refractivity contribution in [1.29, 1.82) is 0 Å². The van der Waals surface area contributed by atoms with E-state index in [1.54, 1.807) is 6.07 Å². The minimum atomic E-state index is 0.571. The van der Waals surface area contributed by atoms with Crippen LogP contribution in [0.15, 0.2) is 18.2 Å². The van der Waals surface area contributed by atoms with Crippen molar-refractivity contribution in [2.24, 2.45) is 0 Å². The maximum Gasteiger partial charge on any atom is 0.128 e. The van der Waals surface area contributed by atoms with Crippen molar-refractivity contribution in [1.82, 2.24) is 9.88 Å². The van der Waals surface area contributed by atoms with Gasteiger partial charge in [0.15, 0.2) is 0 Å². The minimum Gasteiger partial charge on any atom is -0.384 e. The van der Waals surface area contributed by atoms with E-state index in [1.165, 1.54) is 25.9 Å². The van der Waals surface area contributed by atoms with E-state index < -0.39 is 0 Å². The first-order valence-electron chi connectivity index (χ1n) is 5.53. The second-order valence-electron chi connectivity index (χ2n) is 3.92. The zero-order valence-electron chi connectivity index (χ0n) is 8.95. The first-order chi connectivity index (χ1) is 7.34. The molecule has 0 unspecified atom stereocenters. The highest BCUT2D eigenvalue weighted by molar-refractivity contribution is 5.42. The lowest BCUT2D eigenvalue weighted by molar-refractivity contribution is 0.352. The number of pyridine rings is 1. The highest BCUT2D eigenvalue weighted by atomic mass is 15.2. The van der Waals surface area contributed by atoms with Crippen LogP contribution in [0, 0.1) is 0 Å². The van der Waals surface area contributed by atoms with Crippen LogP contribution in [0.5, 0.6) is 0 Å².